The Balaban J connectivity index is 0.000000202. The normalized spacial score (nSPS) is 15.6. The fraction of sp³-hybridized carbons (Fsp3) is 0.408. The van der Waals surface area contributed by atoms with Crippen LogP contribution in [0.5, 0.6) is 34.5 Å². The number of benzene rings is 3. The Labute approximate surface area is 361 Å². The molecule has 61 heavy (non-hydrogen) atoms. The smallest absolute Gasteiger partial charge is 0.246 e. The first-order valence-electron chi connectivity index (χ1n) is 21.3. The van der Waals surface area contributed by atoms with Gasteiger partial charge in [-0.05, 0) is 136 Å². The summed E-state index contributed by atoms with van der Waals surface area (Å²) in [5, 5.41) is 28.5. The summed E-state index contributed by atoms with van der Waals surface area (Å²) in [6.07, 6.45) is 25.9. The third kappa shape index (κ3) is 16.4. The zero-order chi connectivity index (χ0) is 43.8. The highest BCUT2D eigenvalue weighted by Crippen LogP contribution is 2.29. The van der Waals surface area contributed by atoms with Crippen LogP contribution in [0.2, 0.25) is 0 Å². The number of methoxy groups -OCH3 is 3. The average molecular weight is 838 g/mol. The maximum atomic E-state index is 12.0. The number of carbonyl (C=O) groups is 3. The molecule has 12 heteroatoms. The number of nitrogens with zero attached hydrogens (tertiary/aromatic N) is 3. The van der Waals surface area contributed by atoms with Gasteiger partial charge in [0.25, 0.3) is 0 Å². The molecule has 12 nitrogen and oxygen atoms in total. The van der Waals surface area contributed by atoms with E-state index >= 15 is 0 Å². The standard InChI is InChI=1S/C17H23NO3.C17H21NO3.C15H19NO3/c2*1-21-16-13-14(9-10-15(16)19)7-3-4-8-17(20)18-11-5-2-6-12-18;1-19-14-11-12(5-7-13(14)17)6-8-15(18)16-9-3-2-4-10-16/h4,8-10,13,19H,2-3,5-7,11-12H2,1H3;3-4,7-10,13,19H,2,5-6,11-12H2,1H3;5-8,11,17H,2-4,9-10H2,1H3/b8-4+;7-3+,8-4+;8-6+. The molecular formula is C49H63N3O9. The lowest BCUT2D eigenvalue weighted by atomic mass is 10.1. The number of phenolic OH excluding ortho intramolecular Hbond substituents is 3. The van der Waals surface area contributed by atoms with Gasteiger partial charge in [0.05, 0.1) is 21.3 Å². The van der Waals surface area contributed by atoms with E-state index in [9.17, 15) is 29.7 Å². The van der Waals surface area contributed by atoms with Gasteiger partial charge in [0.2, 0.25) is 17.7 Å². The molecule has 3 aromatic carbocycles. The summed E-state index contributed by atoms with van der Waals surface area (Å²) in [7, 11) is 4.55. The van der Waals surface area contributed by atoms with Gasteiger partial charge in [-0.2, -0.15) is 0 Å². The lowest BCUT2D eigenvalue weighted by molar-refractivity contribution is -0.127. The van der Waals surface area contributed by atoms with Gasteiger partial charge in [0, 0.05) is 51.4 Å². The van der Waals surface area contributed by atoms with Crippen LogP contribution < -0.4 is 14.2 Å². The minimum Gasteiger partial charge on any atom is -0.504 e. The molecule has 6 rings (SSSR count). The molecular weight excluding hydrogens is 775 g/mol. The fourth-order valence-electron chi connectivity index (χ4n) is 7.04. The second-order valence-corrected chi connectivity index (χ2v) is 15.0. The molecule has 3 amide bonds. The number of ether oxygens (including phenoxy) is 3. The quantitative estimate of drug-likeness (QED) is 0.121. The van der Waals surface area contributed by atoms with Crippen LogP contribution >= 0.6 is 0 Å². The predicted molar refractivity (Wildman–Crippen MR) is 240 cm³/mol. The summed E-state index contributed by atoms with van der Waals surface area (Å²) in [4.78, 5) is 41.5. The minimum atomic E-state index is 0.0479. The number of likely N-dealkylation sites (tertiary alicyclic amines) is 3. The van der Waals surface area contributed by atoms with Crippen molar-refractivity contribution >= 4 is 29.9 Å². The van der Waals surface area contributed by atoms with E-state index in [2.05, 4.69) is 0 Å². The van der Waals surface area contributed by atoms with Crippen molar-refractivity contribution in [1.82, 2.24) is 14.7 Å². The number of amides is 3. The molecule has 0 atom stereocenters. The molecule has 0 saturated carbocycles. The van der Waals surface area contributed by atoms with Crippen molar-refractivity contribution < 1.29 is 43.9 Å². The average Bonchev–Trinajstić information content (AvgIpc) is 3.31. The van der Waals surface area contributed by atoms with Gasteiger partial charge >= 0.3 is 0 Å². The molecule has 0 aliphatic carbocycles. The number of phenols is 3. The lowest BCUT2D eigenvalue weighted by Crippen LogP contribution is -2.34. The van der Waals surface area contributed by atoms with E-state index < -0.39 is 0 Å². The molecule has 0 unspecified atom stereocenters. The van der Waals surface area contributed by atoms with E-state index in [1.165, 1.54) is 40.6 Å². The first kappa shape index (κ1) is 47.5. The SMILES string of the molecule is COc1cc(/C=C/C(=O)N2CCCCC2)ccc1O.COc1cc(/C=C/C=C/C(=O)N2CCCCC2)ccc1O.COc1cc(CC/C=C/C(=O)N2CCCCC2)ccc1O. The first-order chi connectivity index (χ1) is 29.6. The Morgan fingerprint density at radius 3 is 1.39 bits per heavy atom. The summed E-state index contributed by atoms with van der Waals surface area (Å²) in [5.41, 5.74) is 2.82. The van der Waals surface area contributed by atoms with Crippen molar-refractivity contribution in [3.63, 3.8) is 0 Å². The summed E-state index contributed by atoms with van der Waals surface area (Å²) in [6, 6.07) is 15.5. The Morgan fingerprint density at radius 2 is 0.918 bits per heavy atom. The number of piperidine rings is 3. The summed E-state index contributed by atoms with van der Waals surface area (Å²) in [5.74, 6) is 1.94. The van der Waals surface area contributed by atoms with E-state index in [0.29, 0.717) is 17.2 Å². The second-order valence-electron chi connectivity index (χ2n) is 15.0. The van der Waals surface area contributed by atoms with Crippen molar-refractivity contribution in [2.45, 2.75) is 70.6 Å². The van der Waals surface area contributed by atoms with Crippen molar-refractivity contribution in [2.75, 3.05) is 60.6 Å². The fourth-order valence-corrected chi connectivity index (χ4v) is 7.04. The van der Waals surface area contributed by atoms with E-state index in [-0.39, 0.29) is 35.0 Å². The number of hydrogen-bond acceptors (Lipinski definition) is 9. The topological polar surface area (TPSA) is 149 Å². The largest absolute Gasteiger partial charge is 0.504 e. The van der Waals surface area contributed by atoms with Crippen LogP contribution in [0.25, 0.3) is 12.2 Å². The van der Waals surface area contributed by atoms with E-state index in [1.54, 1.807) is 72.8 Å². The molecule has 0 aromatic heterocycles. The first-order valence-corrected chi connectivity index (χ1v) is 21.3. The lowest BCUT2D eigenvalue weighted by Gasteiger charge is -2.25. The van der Waals surface area contributed by atoms with Gasteiger partial charge in [-0.25, -0.2) is 0 Å². The maximum absolute atomic E-state index is 12.0. The van der Waals surface area contributed by atoms with E-state index in [0.717, 1.165) is 107 Å². The highest BCUT2D eigenvalue weighted by molar-refractivity contribution is 5.92. The van der Waals surface area contributed by atoms with Crippen molar-refractivity contribution in [3.8, 4) is 34.5 Å². The van der Waals surface area contributed by atoms with Gasteiger partial charge in [-0.15, -0.1) is 0 Å². The Morgan fingerprint density at radius 1 is 0.508 bits per heavy atom. The number of allylic oxidation sites excluding steroid dienone is 3. The van der Waals surface area contributed by atoms with Crippen molar-refractivity contribution in [2.24, 2.45) is 0 Å². The molecule has 3 N–H and O–H groups in total. The molecule has 3 heterocycles. The highest BCUT2D eigenvalue weighted by atomic mass is 16.5. The van der Waals surface area contributed by atoms with Crippen LogP contribution in [0, 0.1) is 0 Å². The maximum Gasteiger partial charge on any atom is 0.246 e. The molecule has 3 aliphatic rings. The van der Waals surface area contributed by atoms with Gasteiger partial charge in [0.15, 0.2) is 34.5 Å². The molecule has 328 valence electrons. The molecule has 3 saturated heterocycles. The number of aryl methyl sites for hydroxylation is 1. The molecule has 0 spiro atoms. The summed E-state index contributed by atoms with van der Waals surface area (Å²) in [6.45, 7) is 5.20. The third-order valence-electron chi connectivity index (χ3n) is 10.6. The number of aromatic hydroxyl groups is 3. The highest BCUT2D eigenvalue weighted by Gasteiger charge is 2.15. The summed E-state index contributed by atoms with van der Waals surface area (Å²) < 4.78 is 15.2. The van der Waals surface area contributed by atoms with Crippen molar-refractivity contribution in [3.05, 3.63) is 108 Å². The number of rotatable bonds is 12. The van der Waals surface area contributed by atoms with Gasteiger partial charge in [0.1, 0.15) is 0 Å². The van der Waals surface area contributed by atoms with E-state index in [1.807, 2.05) is 45.1 Å². The van der Waals surface area contributed by atoms with Crippen LogP contribution in [-0.2, 0) is 20.8 Å². The van der Waals surface area contributed by atoms with E-state index in [4.69, 9.17) is 14.2 Å². The van der Waals surface area contributed by atoms with Crippen molar-refractivity contribution in [1.29, 1.82) is 0 Å². The Hall–Kier alpha value is -6.17. The summed E-state index contributed by atoms with van der Waals surface area (Å²) >= 11 is 0. The number of carbonyl (C=O) groups excluding carboxylic acids is 3. The molecule has 3 aromatic rings. The molecule has 3 fully saturated rings. The Bertz CT molecular complexity index is 1970. The van der Waals surface area contributed by atoms with Crippen LogP contribution in [0.1, 0.15) is 80.9 Å². The van der Waals surface area contributed by atoms with Gasteiger partial charge in [-0.1, -0.05) is 42.5 Å². The molecule has 3 aliphatic heterocycles. The van der Waals surface area contributed by atoms with Gasteiger partial charge in [-0.3, -0.25) is 14.4 Å². The second kappa shape index (κ2) is 26.1. The Kier molecular flexibility index (Phi) is 20.3. The van der Waals surface area contributed by atoms with Crippen LogP contribution in [0.4, 0.5) is 0 Å². The minimum absolute atomic E-state index is 0.0479. The third-order valence-corrected chi connectivity index (χ3v) is 10.6. The predicted octanol–water partition coefficient (Wildman–Crippen LogP) is 8.31. The zero-order valence-electron chi connectivity index (χ0n) is 36.0. The van der Waals surface area contributed by atoms with Crippen LogP contribution in [0.15, 0.2) is 91.1 Å². The van der Waals surface area contributed by atoms with Gasteiger partial charge < -0.3 is 44.2 Å². The monoisotopic (exact) mass is 837 g/mol. The van der Waals surface area contributed by atoms with Crippen LogP contribution in [0.3, 0.4) is 0 Å². The zero-order valence-corrected chi connectivity index (χ0v) is 36.0. The van der Waals surface area contributed by atoms with Crippen LogP contribution in [-0.4, -0.2) is 108 Å². The number of hydrogen-bond donors (Lipinski definition) is 3. The molecule has 0 bridgehead atoms. The molecule has 0 radical (unpaired) electrons.